The zero-order valence-electron chi connectivity index (χ0n) is 21.4. The zero-order valence-corrected chi connectivity index (χ0v) is 21.4. The minimum atomic E-state index is -0.0431. The number of nitrogens with zero attached hydrogens (tertiary/aromatic N) is 8. The van der Waals surface area contributed by atoms with Crippen molar-refractivity contribution < 1.29 is 9.53 Å². The van der Waals surface area contributed by atoms with E-state index in [4.69, 9.17) is 4.74 Å². The van der Waals surface area contributed by atoms with Crippen molar-refractivity contribution in [1.82, 2.24) is 39.5 Å². The van der Waals surface area contributed by atoms with E-state index in [0.717, 1.165) is 11.1 Å². The van der Waals surface area contributed by atoms with E-state index >= 15 is 0 Å². The highest BCUT2D eigenvalue weighted by molar-refractivity contribution is 6.02. The van der Waals surface area contributed by atoms with Gasteiger partial charge in [0, 0.05) is 44.5 Å². The molecule has 0 saturated carbocycles. The molecule has 0 saturated heterocycles. The van der Waals surface area contributed by atoms with Crippen LogP contribution in [0.1, 0.15) is 23.7 Å². The molecule has 0 amide bonds. The Balaban J connectivity index is 1.45. The van der Waals surface area contributed by atoms with E-state index in [-0.39, 0.29) is 5.78 Å². The van der Waals surface area contributed by atoms with Crippen molar-refractivity contribution in [3.05, 3.63) is 67.0 Å². The Hall–Kier alpha value is -5.13. The van der Waals surface area contributed by atoms with Crippen LogP contribution in [-0.2, 0) is 14.1 Å². The fourth-order valence-electron chi connectivity index (χ4n) is 3.88. The lowest BCUT2D eigenvalue weighted by Gasteiger charge is -2.17. The lowest BCUT2D eigenvalue weighted by atomic mass is 10.1. The maximum absolute atomic E-state index is 12.7. The molecule has 4 aromatic heterocycles. The highest BCUT2D eigenvalue weighted by Gasteiger charge is 2.18. The number of methoxy groups -OCH3 is 1. The third kappa shape index (κ3) is 5.05. The topological polar surface area (TPSA) is 138 Å². The first-order chi connectivity index (χ1) is 18.4. The van der Waals surface area contributed by atoms with Gasteiger partial charge in [0.2, 0.25) is 0 Å². The molecule has 5 rings (SSSR count). The number of nitrogens with one attached hydrogen (secondary N) is 2. The number of hydrogen-bond donors (Lipinski definition) is 2. The molecule has 0 aliphatic heterocycles. The van der Waals surface area contributed by atoms with E-state index in [1.807, 2.05) is 44.3 Å². The number of pyridine rings is 2. The Morgan fingerprint density at radius 3 is 2.24 bits per heavy atom. The van der Waals surface area contributed by atoms with Gasteiger partial charge < -0.3 is 15.4 Å². The fraction of sp³-hybridized carbons (Fsp3) is 0.192. The highest BCUT2D eigenvalue weighted by Crippen LogP contribution is 2.37. The molecule has 2 N–H and O–H groups in total. The second-order valence-electron chi connectivity index (χ2n) is 8.44. The number of ketones is 1. The minimum absolute atomic E-state index is 0.0431. The van der Waals surface area contributed by atoms with Crippen LogP contribution in [-0.4, -0.2) is 52.4 Å². The summed E-state index contributed by atoms with van der Waals surface area (Å²) in [6.07, 6.45) is 6.84. The molecule has 0 unspecified atom stereocenters. The molecular weight excluding hydrogens is 484 g/mol. The molecule has 38 heavy (non-hydrogen) atoms. The van der Waals surface area contributed by atoms with Crippen molar-refractivity contribution in [2.24, 2.45) is 14.1 Å². The van der Waals surface area contributed by atoms with Gasteiger partial charge in [0.15, 0.2) is 23.2 Å². The van der Waals surface area contributed by atoms with Crippen molar-refractivity contribution in [2.45, 2.75) is 13.3 Å². The lowest BCUT2D eigenvalue weighted by molar-refractivity contribution is 0.0988. The van der Waals surface area contributed by atoms with Gasteiger partial charge in [0.05, 0.1) is 29.6 Å². The van der Waals surface area contributed by atoms with Crippen molar-refractivity contribution in [2.75, 3.05) is 17.7 Å². The molecule has 4 heterocycles. The Kier molecular flexibility index (Phi) is 6.76. The summed E-state index contributed by atoms with van der Waals surface area (Å²) < 4.78 is 8.99. The minimum Gasteiger partial charge on any atom is -0.494 e. The Morgan fingerprint density at radius 2 is 1.61 bits per heavy atom. The van der Waals surface area contributed by atoms with Crippen molar-refractivity contribution >= 4 is 28.8 Å². The van der Waals surface area contributed by atoms with Crippen molar-refractivity contribution in [1.29, 1.82) is 0 Å². The Bertz CT molecular complexity index is 1590. The number of carbonyl (C=O) groups excluding carboxylic acids is 1. The third-order valence-corrected chi connectivity index (χ3v) is 5.73. The van der Waals surface area contributed by atoms with Crippen LogP contribution in [0, 0.1) is 0 Å². The van der Waals surface area contributed by atoms with E-state index in [0.29, 0.717) is 52.4 Å². The maximum Gasteiger partial charge on any atom is 0.184 e. The van der Waals surface area contributed by atoms with Gasteiger partial charge in [-0.05, 0) is 24.3 Å². The molecule has 192 valence electrons. The van der Waals surface area contributed by atoms with E-state index in [1.54, 1.807) is 54.6 Å². The average molecular weight is 511 g/mol. The van der Waals surface area contributed by atoms with E-state index in [9.17, 15) is 4.79 Å². The van der Waals surface area contributed by atoms with E-state index in [2.05, 4.69) is 40.8 Å². The third-order valence-electron chi connectivity index (χ3n) is 5.73. The summed E-state index contributed by atoms with van der Waals surface area (Å²) in [7, 11) is 5.20. The molecule has 12 heteroatoms. The number of ether oxygens (including phenoxy) is 1. The SMILES string of the molecule is CCC(=O)c1cnc(Nc2ccc(-c3ncn(C)n3)cn2)cc1Nc1cccc(-c2ncn(C)n2)c1OC. The number of hydrogen-bond acceptors (Lipinski definition) is 10. The summed E-state index contributed by atoms with van der Waals surface area (Å²) >= 11 is 0. The van der Waals surface area contributed by atoms with Crippen LogP contribution in [0.5, 0.6) is 5.75 Å². The number of para-hydroxylation sites is 1. The summed E-state index contributed by atoms with van der Waals surface area (Å²) in [5.41, 5.74) is 3.22. The quantitative estimate of drug-likeness (QED) is 0.278. The van der Waals surface area contributed by atoms with E-state index < -0.39 is 0 Å². The predicted octanol–water partition coefficient (Wildman–Crippen LogP) is 4.16. The first kappa shape index (κ1) is 24.6. The number of anilines is 4. The van der Waals surface area contributed by atoms with Crippen LogP contribution < -0.4 is 15.4 Å². The lowest BCUT2D eigenvalue weighted by Crippen LogP contribution is -2.07. The molecule has 0 radical (unpaired) electrons. The standard InChI is InChI=1S/C26H26N10O2/c1-5-21(37)18-13-28-23(32-22-10-9-16(12-27-22)25-29-14-35(2)33-25)11-20(18)31-19-8-6-7-17(24(19)38-4)26-30-15-36(3)34-26/h6-15H,5H2,1-4H3,(H2,27,28,31,32). The normalized spacial score (nSPS) is 10.8. The number of aryl methyl sites for hydroxylation is 2. The summed E-state index contributed by atoms with van der Waals surface area (Å²) in [6, 6.07) is 11.1. The molecule has 12 nitrogen and oxygen atoms in total. The number of Topliss-reactive ketones (excluding diaryl/α,β-unsaturated/α-hetero) is 1. The van der Waals surface area contributed by atoms with Crippen LogP contribution in [0.4, 0.5) is 23.0 Å². The first-order valence-corrected chi connectivity index (χ1v) is 11.9. The van der Waals surface area contributed by atoms with Gasteiger partial charge >= 0.3 is 0 Å². The smallest absolute Gasteiger partial charge is 0.184 e. The fourth-order valence-corrected chi connectivity index (χ4v) is 3.88. The van der Waals surface area contributed by atoms with E-state index in [1.165, 1.54) is 0 Å². The van der Waals surface area contributed by atoms with Crippen LogP contribution in [0.2, 0.25) is 0 Å². The van der Waals surface area contributed by atoms with Crippen LogP contribution in [0.15, 0.2) is 61.4 Å². The summed E-state index contributed by atoms with van der Waals surface area (Å²) in [5.74, 6) is 2.73. The monoisotopic (exact) mass is 510 g/mol. The number of rotatable bonds is 9. The molecule has 0 aliphatic carbocycles. The molecule has 5 aromatic rings. The molecule has 0 atom stereocenters. The van der Waals surface area contributed by atoms with Gasteiger partial charge in [-0.2, -0.15) is 10.2 Å². The Labute approximate surface area is 218 Å². The number of carbonyl (C=O) groups is 1. The highest BCUT2D eigenvalue weighted by atomic mass is 16.5. The maximum atomic E-state index is 12.7. The van der Waals surface area contributed by atoms with Gasteiger partial charge in [-0.3, -0.25) is 14.2 Å². The summed E-state index contributed by atoms with van der Waals surface area (Å²) in [6.45, 7) is 1.81. The van der Waals surface area contributed by atoms with Crippen LogP contribution in [0.25, 0.3) is 22.8 Å². The molecular formula is C26H26N10O2. The molecule has 1 aromatic carbocycles. The van der Waals surface area contributed by atoms with Gasteiger partial charge in [0.1, 0.15) is 24.3 Å². The Morgan fingerprint density at radius 1 is 0.868 bits per heavy atom. The van der Waals surface area contributed by atoms with Gasteiger partial charge in [-0.1, -0.05) is 13.0 Å². The second kappa shape index (κ2) is 10.5. The molecule has 0 spiro atoms. The van der Waals surface area contributed by atoms with Gasteiger partial charge in [-0.25, -0.2) is 19.9 Å². The number of aromatic nitrogens is 8. The van der Waals surface area contributed by atoms with Crippen molar-refractivity contribution in [3.63, 3.8) is 0 Å². The zero-order chi connectivity index (χ0) is 26.6. The largest absolute Gasteiger partial charge is 0.494 e. The van der Waals surface area contributed by atoms with Crippen LogP contribution in [0.3, 0.4) is 0 Å². The van der Waals surface area contributed by atoms with Gasteiger partial charge in [-0.15, -0.1) is 0 Å². The second-order valence-corrected chi connectivity index (χ2v) is 8.44. The van der Waals surface area contributed by atoms with Gasteiger partial charge in [0.25, 0.3) is 0 Å². The predicted molar refractivity (Wildman–Crippen MR) is 143 cm³/mol. The van der Waals surface area contributed by atoms with Crippen molar-refractivity contribution in [3.8, 4) is 28.5 Å². The molecule has 0 bridgehead atoms. The summed E-state index contributed by atoms with van der Waals surface area (Å²) in [4.78, 5) is 30.2. The first-order valence-electron chi connectivity index (χ1n) is 11.9. The molecule has 0 aliphatic rings. The summed E-state index contributed by atoms with van der Waals surface area (Å²) in [5, 5.41) is 15.2. The molecule has 0 fully saturated rings. The number of benzene rings is 1. The average Bonchev–Trinajstić information content (AvgIpc) is 3.57. The van der Waals surface area contributed by atoms with Crippen LogP contribution >= 0.6 is 0 Å².